The van der Waals surface area contributed by atoms with Crippen LogP contribution in [-0.4, -0.2) is 72.7 Å². The Morgan fingerprint density at radius 3 is 2.48 bits per heavy atom. The molecule has 0 saturated carbocycles. The molecule has 0 aromatic heterocycles. The maximum Gasteiger partial charge on any atom is 0.255 e. The highest BCUT2D eigenvalue weighted by Crippen LogP contribution is 2.27. The van der Waals surface area contributed by atoms with Crippen LogP contribution in [0.1, 0.15) is 15.9 Å². The van der Waals surface area contributed by atoms with Gasteiger partial charge in [0.1, 0.15) is 42.5 Å². The number of aliphatic hydroxyl groups is 3. The molecule has 5 atom stereocenters. The van der Waals surface area contributed by atoms with Gasteiger partial charge in [-0.05, 0) is 17.7 Å². The van der Waals surface area contributed by atoms with E-state index in [2.05, 4.69) is 5.32 Å². The number of carbonyl (C=O) groups is 1. The number of methoxy groups -OCH3 is 2. The van der Waals surface area contributed by atoms with Crippen molar-refractivity contribution in [1.82, 2.24) is 5.32 Å². The number of hydrogen-bond acceptors (Lipinski definition) is 8. The van der Waals surface area contributed by atoms with Gasteiger partial charge in [0.05, 0.1) is 19.3 Å². The van der Waals surface area contributed by atoms with Crippen molar-refractivity contribution in [1.29, 1.82) is 0 Å². The van der Waals surface area contributed by atoms with Crippen molar-refractivity contribution in [3.8, 4) is 11.5 Å². The molecule has 0 unspecified atom stereocenters. The average Bonchev–Trinajstić information content (AvgIpc) is 2.81. The monoisotopic (exact) mass is 433 g/mol. The van der Waals surface area contributed by atoms with Crippen LogP contribution in [0.3, 0.4) is 0 Å². The molecule has 1 fully saturated rings. The number of aliphatic hydroxyl groups excluding tert-OH is 3. The summed E-state index contributed by atoms with van der Waals surface area (Å²) in [5.41, 5.74) is 1.20. The summed E-state index contributed by atoms with van der Waals surface area (Å²) >= 11 is 0. The first-order valence-electron chi connectivity index (χ1n) is 9.79. The number of carbonyl (C=O) groups excluding carboxylic acids is 1. The summed E-state index contributed by atoms with van der Waals surface area (Å²) in [6.07, 6.45) is -4.88. The third-order valence-corrected chi connectivity index (χ3v) is 5.08. The summed E-state index contributed by atoms with van der Waals surface area (Å²) in [7, 11) is 2.77. The minimum absolute atomic E-state index is 0.204. The molecule has 9 heteroatoms. The molecule has 0 aliphatic carbocycles. The van der Waals surface area contributed by atoms with Crippen molar-refractivity contribution in [3.63, 3.8) is 0 Å². The van der Waals surface area contributed by atoms with E-state index < -0.39 is 43.2 Å². The molecule has 0 radical (unpaired) electrons. The number of nitrogens with one attached hydrogen (secondary N) is 1. The summed E-state index contributed by atoms with van der Waals surface area (Å²) in [6.45, 7) is -0.141. The van der Waals surface area contributed by atoms with Crippen LogP contribution in [-0.2, 0) is 16.1 Å². The fourth-order valence-corrected chi connectivity index (χ4v) is 3.36. The van der Waals surface area contributed by atoms with E-state index in [0.29, 0.717) is 12.4 Å². The van der Waals surface area contributed by atoms with E-state index in [1.54, 1.807) is 18.2 Å². The van der Waals surface area contributed by atoms with Crippen LogP contribution in [0.15, 0.2) is 48.5 Å². The molecular weight excluding hydrogens is 406 g/mol. The van der Waals surface area contributed by atoms with E-state index in [9.17, 15) is 20.1 Å². The Balaban J connectivity index is 1.71. The first-order valence-corrected chi connectivity index (χ1v) is 9.79. The molecule has 9 nitrogen and oxygen atoms in total. The Hall–Kier alpha value is -2.69. The first kappa shape index (κ1) is 23.0. The van der Waals surface area contributed by atoms with Gasteiger partial charge in [0.25, 0.3) is 5.91 Å². The van der Waals surface area contributed by atoms with Crippen molar-refractivity contribution in [3.05, 3.63) is 59.7 Å². The number of ether oxygens (including phenoxy) is 4. The molecule has 1 amide bonds. The smallest absolute Gasteiger partial charge is 0.255 e. The zero-order valence-electron chi connectivity index (χ0n) is 17.3. The third-order valence-electron chi connectivity index (χ3n) is 5.08. The molecule has 2 aromatic rings. The molecule has 3 rings (SSSR count). The lowest BCUT2D eigenvalue weighted by molar-refractivity contribution is -0.261. The molecule has 168 valence electrons. The molecule has 4 N–H and O–H groups in total. The second-order valence-electron chi connectivity index (χ2n) is 7.08. The standard InChI is InChI=1S/C22H27NO8/c1-28-16-10-14(30-12-13-6-4-3-5-7-13)8-9-15(16)21(27)23-18-20(26)19(25)17(11-24)31-22(18)29-2/h3-10,17-20,22,24-26H,11-12H2,1-2H3,(H,23,27)/t17-,18-,19-,20-,22+/m1/s1. The first-order chi connectivity index (χ1) is 15.0. The van der Waals surface area contributed by atoms with E-state index >= 15 is 0 Å². The molecule has 2 aromatic carbocycles. The predicted molar refractivity (Wildman–Crippen MR) is 110 cm³/mol. The van der Waals surface area contributed by atoms with Gasteiger partial charge in [-0.25, -0.2) is 0 Å². The lowest BCUT2D eigenvalue weighted by atomic mass is 9.96. The van der Waals surface area contributed by atoms with Gasteiger partial charge in [0.2, 0.25) is 0 Å². The van der Waals surface area contributed by atoms with Crippen LogP contribution in [0.2, 0.25) is 0 Å². The highest BCUT2D eigenvalue weighted by Gasteiger charge is 2.45. The molecule has 1 heterocycles. The van der Waals surface area contributed by atoms with Crippen LogP contribution in [0.25, 0.3) is 0 Å². The molecule has 31 heavy (non-hydrogen) atoms. The Kier molecular flexibility index (Phi) is 7.83. The van der Waals surface area contributed by atoms with Crippen LogP contribution in [0, 0.1) is 0 Å². The maximum atomic E-state index is 12.9. The van der Waals surface area contributed by atoms with Crippen molar-refractivity contribution in [2.75, 3.05) is 20.8 Å². The van der Waals surface area contributed by atoms with Crippen molar-refractivity contribution in [2.24, 2.45) is 0 Å². The fourth-order valence-electron chi connectivity index (χ4n) is 3.36. The topological polar surface area (TPSA) is 127 Å². The Morgan fingerprint density at radius 1 is 1.10 bits per heavy atom. The molecule has 1 aliphatic rings. The minimum Gasteiger partial charge on any atom is -0.496 e. The Bertz CT molecular complexity index is 860. The molecule has 1 aliphatic heterocycles. The zero-order chi connectivity index (χ0) is 22.4. The average molecular weight is 433 g/mol. The van der Waals surface area contributed by atoms with Gasteiger partial charge in [-0.3, -0.25) is 4.79 Å². The van der Waals surface area contributed by atoms with Crippen LogP contribution in [0.5, 0.6) is 11.5 Å². The number of amides is 1. The highest BCUT2D eigenvalue weighted by atomic mass is 16.7. The summed E-state index contributed by atoms with van der Waals surface area (Å²) in [4.78, 5) is 12.9. The second kappa shape index (κ2) is 10.6. The van der Waals surface area contributed by atoms with E-state index in [0.717, 1.165) is 5.56 Å². The van der Waals surface area contributed by atoms with Gasteiger partial charge in [0.15, 0.2) is 6.29 Å². The maximum absolute atomic E-state index is 12.9. The van der Waals surface area contributed by atoms with Gasteiger partial charge < -0.3 is 39.6 Å². The summed E-state index contributed by atoms with van der Waals surface area (Å²) in [5, 5.41) is 32.4. The van der Waals surface area contributed by atoms with E-state index in [4.69, 9.17) is 18.9 Å². The van der Waals surface area contributed by atoms with Crippen molar-refractivity contribution >= 4 is 5.91 Å². The van der Waals surface area contributed by atoms with Gasteiger partial charge in [-0.15, -0.1) is 0 Å². The van der Waals surface area contributed by atoms with Crippen molar-refractivity contribution < 1.29 is 39.1 Å². The summed E-state index contributed by atoms with van der Waals surface area (Å²) in [6, 6.07) is 13.4. The van der Waals surface area contributed by atoms with Crippen LogP contribution >= 0.6 is 0 Å². The number of benzene rings is 2. The van der Waals surface area contributed by atoms with Gasteiger partial charge in [0, 0.05) is 13.2 Å². The largest absolute Gasteiger partial charge is 0.496 e. The highest BCUT2D eigenvalue weighted by molar-refractivity contribution is 5.97. The quantitative estimate of drug-likeness (QED) is 0.473. The normalized spacial score (nSPS) is 25.6. The SMILES string of the molecule is COc1cc(OCc2ccccc2)ccc1C(=O)N[C@H]1[C@@H](OC)O[C@H](CO)[C@@H](O)[C@@H]1O. The van der Waals surface area contributed by atoms with Gasteiger partial charge in [-0.2, -0.15) is 0 Å². The fraction of sp³-hybridized carbons (Fsp3) is 0.409. The lowest BCUT2D eigenvalue weighted by Gasteiger charge is -2.41. The van der Waals surface area contributed by atoms with Crippen molar-refractivity contribution in [2.45, 2.75) is 37.3 Å². The van der Waals surface area contributed by atoms with Gasteiger partial charge >= 0.3 is 0 Å². The Labute approximate surface area is 180 Å². The minimum atomic E-state index is -1.40. The van der Waals surface area contributed by atoms with Gasteiger partial charge in [-0.1, -0.05) is 30.3 Å². The molecule has 0 bridgehead atoms. The van der Waals surface area contributed by atoms with E-state index in [1.165, 1.54) is 14.2 Å². The zero-order valence-corrected chi connectivity index (χ0v) is 17.3. The van der Waals surface area contributed by atoms with E-state index in [1.807, 2.05) is 30.3 Å². The molecular formula is C22H27NO8. The van der Waals surface area contributed by atoms with E-state index in [-0.39, 0.29) is 11.3 Å². The summed E-state index contributed by atoms with van der Waals surface area (Å²) < 4.78 is 21.7. The van der Waals surface area contributed by atoms with Crippen LogP contribution < -0.4 is 14.8 Å². The van der Waals surface area contributed by atoms with Crippen LogP contribution in [0.4, 0.5) is 0 Å². The Morgan fingerprint density at radius 2 is 1.84 bits per heavy atom. The summed E-state index contributed by atoms with van der Waals surface area (Å²) in [5.74, 6) is 0.238. The molecule has 1 saturated heterocycles. The number of hydrogen-bond donors (Lipinski definition) is 4. The number of rotatable bonds is 8. The predicted octanol–water partition coefficient (Wildman–Crippen LogP) is 0.458. The lowest BCUT2D eigenvalue weighted by Crippen LogP contribution is -2.64. The molecule has 0 spiro atoms. The second-order valence-corrected chi connectivity index (χ2v) is 7.08. The third kappa shape index (κ3) is 5.33.